The van der Waals surface area contributed by atoms with Crippen LogP contribution < -0.4 is 10.9 Å². The zero-order valence-electron chi connectivity index (χ0n) is 17.3. The van der Waals surface area contributed by atoms with Gasteiger partial charge in [0.05, 0.1) is 10.9 Å². The molecular weight excluding hydrogens is 380 g/mol. The molecule has 0 saturated carbocycles. The first-order valence-corrected chi connectivity index (χ1v) is 10.2. The maximum absolute atomic E-state index is 12.3. The molecule has 2 N–H and O–H groups in total. The highest BCUT2D eigenvalue weighted by molar-refractivity contribution is 5.95. The third-order valence-electron chi connectivity index (χ3n) is 4.95. The summed E-state index contributed by atoms with van der Waals surface area (Å²) >= 11 is 0. The van der Waals surface area contributed by atoms with Crippen molar-refractivity contribution < 1.29 is 9.59 Å². The Morgan fingerprint density at radius 3 is 2.43 bits per heavy atom. The molecule has 0 aliphatic rings. The lowest BCUT2D eigenvalue weighted by Crippen LogP contribution is -2.30. The van der Waals surface area contributed by atoms with E-state index in [0.29, 0.717) is 60.3 Å². The minimum absolute atomic E-state index is 0.0187. The van der Waals surface area contributed by atoms with Gasteiger partial charge >= 0.3 is 0 Å². The van der Waals surface area contributed by atoms with Crippen LogP contribution in [0.1, 0.15) is 42.9 Å². The minimum Gasteiger partial charge on any atom is -0.339 e. The van der Waals surface area contributed by atoms with Crippen molar-refractivity contribution in [3.8, 4) is 0 Å². The highest BCUT2D eigenvalue weighted by Gasteiger charge is 2.12. The second-order valence-electron chi connectivity index (χ2n) is 6.99. The predicted molar refractivity (Wildman–Crippen MR) is 118 cm³/mol. The van der Waals surface area contributed by atoms with Gasteiger partial charge in [-0.25, -0.2) is 4.98 Å². The standard InChI is InChI=1S/C23H26N4O3/c1-3-27(4-2)23(30)16-12-14-17(15-13-16)24-21(28)11-7-10-20-25-19-9-6-5-8-18(19)22(29)26-20/h5-6,8-9,12-15H,3-4,7,10-11H2,1-2H3,(H,24,28)(H,25,26,29). The summed E-state index contributed by atoms with van der Waals surface area (Å²) in [4.78, 5) is 45.6. The van der Waals surface area contributed by atoms with Crippen LogP contribution >= 0.6 is 0 Å². The van der Waals surface area contributed by atoms with Crippen molar-refractivity contribution in [1.29, 1.82) is 0 Å². The topological polar surface area (TPSA) is 95.2 Å². The number of H-pyrrole nitrogens is 1. The molecule has 1 heterocycles. The van der Waals surface area contributed by atoms with E-state index in [4.69, 9.17) is 0 Å². The zero-order valence-corrected chi connectivity index (χ0v) is 17.3. The van der Waals surface area contributed by atoms with Crippen LogP contribution in [0.4, 0.5) is 5.69 Å². The number of carbonyl (C=O) groups excluding carboxylic acids is 2. The summed E-state index contributed by atoms with van der Waals surface area (Å²) in [6.07, 6.45) is 1.37. The largest absolute Gasteiger partial charge is 0.339 e. The van der Waals surface area contributed by atoms with E-state index in [1.807, 2.05) is 19.9 Å². The summed E-state index contributed by atoms with van der Waals surface area (Å²) in [7, 11) is 0. The molecule has 0 saturated heterocycles. The van der Waals surface area contributed by atoms with Crippen molar-refractivity contribution in [3.63, 3.8) is 0 Å². The molecule has 7 nitrogen and oxygen atoms in total. The number of aryl methyl sites for hydroxylation is 1. The first-order chi connectivity index (χ1) is 14.5. The van der Waals surface area contributed by atoms with Crippen LogP contribution in [-0.2, 0) is 11.2 Å². The highest BCUT2D eigenvalue weighted by atomic mass is 16.2. The van der Waals surface area contributed by atoms with E-state index in [0.717, 1.165) is 0 Å². The Hall–Kier alpha value is -3.48. The Kier molecular flexibility index (Phi) is 6.95. The van der Waals surface area contributed by atoms with E-state index in [1.54, 1.807) is 47.4 Å². The number of nitrogens with one attached hydrogen (secondary N) is 2. The molecule has 0 spiro atoms. The van der Waals surface area contributed by atoms with Gasteiger partial charge in [-0.2, -0.15) is 0 Å². The van der Waals surface area contributed by atoms with Gasteiger partial charge in [0.15, 0.2) is 0 Å². The molecule has 3 aromatic rings. The summed E-state index contributed by atoms with van der Waals surface area (Å²) in [6, 6.07) is 14.1. The molecule has 0 fully saturated rings. The molecular formula is C23H26N4O3. The fraction of sp³-hybridized carbons (Fsp3) is 0.304. The van der Waals surface area contributed by atoms with Crippen LogP contribution in [0.15, 0.2) is 53.3 Å². The lowest BCUT2D eigenvalue weighted by Gasteiger charge is -2.18. The molecule has 0 atom stereocenters. The number of amides is 2. The van der Waals surface area contributed by atoms with Gasteiger partial charge in [0.25, 0.3) is 11.5 Å². The molecule has 156 valence electrons. The van der Waals surface area contributed by atoms with Crippen LogP contribution in [0.25, 0.3) is 10.9 Å². The third kappa shape index (κ3) is 5.11. The second kappa shape index (κ2) is 9.82. The molecule has 3 rings (SSSR count). The zero-order chi connectivity index (χ0) is 21.5. The smallest absolute Gasteiger partial charge is 0.258 e. The van der Waals surface area contributed by atoms with Crippen molar-refractivity contribution >= 4 is 28.4 Å². The van der Waals surface area contributed by atoms with Gasteiger partial charge in [0.1, 0.15) is 5.82 Å². The maximum Gasteiger partial charge on any atom is 0.258 e. The molecule has 0 bridgehead atoms. The Bertz CT molecular complexity index is 1090. The Balaban J connectivity index is 1.52. The van der Waals surface area contributed by atoms with Gasteiger partial charge in [0, 0.05) is 37.2 Å². The maximum atomic E-state index is 12.3. The lowest BCUT2D eigenvalue weighted by atomic mass is 10.1. The van der Waals surface area contributed by atoms with Gasteiger partial charge < -0.3 is 15.2 Å². The van der Waals surface area contributed by atoms with Crippen LogP contribution in [0.2, 0.25) is 0 Å². The predicted octanol–water partition coefficient (Wildman–Crippen LogP) is 3.37. The normalized spacial score (nSPS) is 10.7. The number of anilines is 1. The van der Waals surface area contributed by atoms with Crippen LogP contribution in [0, 0.1) is 0 Å². The van der Waals surface area contributed by atoms with Crippen LogP contribution in [0.3, 0.4) is 0 Å². The average molecular weight is 406 g/mol. The fourth-order valence-electron chi connectivity index (χ4n) is 3.28. The Morgan fingerprint density at radius 2 is 1.73 bits per heavy atom. The summed E-state index contributed by atoms with van der Waals surface area (Å²) in [5.41, 5.74) is 1.73. The molecule has 2 aromatic carbocycles. The van der Waals surface area contributed by atoms with Gasteiger partial charge in [0.2, 0.25) is 5.91 Å². The van der Waals surface area contributed by atoms with Gasteiger partial charge in [-0.1, -0.05) is 12.1 Å². The van der Waals surface area contributed by atoms with E-state index < -0.39 is 0 Å². The molecule has 0 aliphatic heterocycles. The lowest BCUT2D eigenvalue weighted by molar-refractivity contribution is -0.116. The van der Waals surface area contributed by atoms with E-state index in [9.17, 15) is 14.4 Å². The van der Waals surface area contributed by atoms with Crippen LogP contribution in [-0.4, -0.2) is 39.8 Å². The van der Waals surface area contributed by atoms with Crippen molar-refractivity contribution in [2.45, 2.75) is 33.1 Å². The number of hydrogen-bond acceptors (Lipinski definition) is 4. The fourth-order valence-corrected chi connectivity index (χ4v) is 3.28. The van der Waals surface area contributed by atoms with Crippen molar-refractivity contribution in [1.82, 2.24) is 14.9 Å². The van der Waals surface area contributed by atoms with E-state index in [1.165, 1.54) is 0 Å². The summed E-state index contributed by atoms with van der Waals surface area (Å²) in [5.74, 6) is 0.432. The molecule has 2 amide bonds. The number of aromatic amines is 1. The number of nitrogens with zero attached hydrogens (tertiary/aromatic N) is 2. The van der Waals surface area contributed by atoms with Gasteiger partial charge in [-0.3, -0.25) is 14.4 Å². The van der Waals surface area contributed by atoms with E-state index in [2.05, 4.69) is 15.3 Å². The van der Waals surface area contributed by atoms with Crippen LogP contribution in [0.5, 0.6) is 0 Å². The molecule has 0 unspecified atom stereocenters. The Labute approximate surface area is 175 Å². The number of rotatable bonds is 8. The molecule has 1 aromatic heterocycles. The average Bonchev–Trinajstić information content (AvgIpc) is 2.75. The summed E-state index contributed by atoms with van der Waals surface area (Å²) in [5, 5.41) is 3.39. The number of fused-ring (bicyclic) bond motifs is 1. The summed E-state index contributed by atoms with van der Waals surface area (Å²) < 4.78 is 0. The second-order valence-corrected chi connectivity index (χ2v) is 6.99. The molecule has 0 radical (unpaired) electrons. The first kappa shape index (κ1) is 21.2. The summed E-state index contributed by atoms with van der Waals surface area (Å²) in [6.45, 7) is 5.20. The number of aromatic nitrogens is 2. The van der Waals surface area contributed by atoms with Gasteiger partial charge in [-0.15, -0.1) is 0 Å². The number of hydrogen-bond donors (Lipinski definition) is 2. The quantitative estimate of drug-likeness (QED) is 0.600. The Morgan fingerprint density at radius 1 is 1.03 bits per heavy atom. The highest BCUT2D eigenvalue weighted by Crippen LogP contribution is 2.13. The number of benzene rings is 2. The SMILES string of the molecule is CCN(CC)C(=O)c1ccc(NC(=O)CCCc2nc3ccccc3c(=O)[nH]2)cc1. The van der Waals surface area contributed by atoms with E-state index >= 15 is 0 Å². The number of para-hydroxylation sites is 1. The van der Waals surface area contributed by atoms with Crippen molar-refractivity contribution in [3.05, 3.63) is 70.3 Å². The van der Waals surface area contributed by atoms with Gasteiger partial charge in [-0.05, 0) is 56.7 Å². The molecule has 0 aliphatic carbocycles. The van der Waals surface area contributed by atoms with Crippen molar-refractivity contribution in [2.24, 2.45) is 0 Å². The minimum atomic E-state index is -0.167. The molecule has 7 heteroatoms. The third-order valence-corrected chi connectivity index (χ3v) is 4.95. The monoisotopic (exact) mass is 406 g/mol. The van der Waals surface area contributed by atoms with Crippen molar-refractivity contribution in [2.75, 3.05) is 18.4 Å². The van der Waals surface area contributed by atoms with E-state index in [-0.39, 0.29) is 17.4 Å². The number of carbonyl (C=O) groups is 2. The first-order valence-electron chi connectivity index (χ1n) is 10.2. The molecule has 30 heavy (non-hydrogen) atoms.